The Labute approximate surface area is 203 Å². The molecule has 3 aromatic rings. The number of rotatable bonds is 4. The van der Waals surface area contributed by atoms with Gasteiger partial charge in [0.25, 0.3) is 0 Å². The van der Waals surface area contributed by atoms with Crippen molar-refractivity contribution in [2.75, 3.05) is 54.5 Å². The molecule has 0 bridgehead atoms. The highest BCUT2D eigenvalue weighted by Gasteiger charge is 2.27. The summed E-state index contributed by atoms with van der Waals surface area (Å²) in [6.45, 7) is 4.61. The highest BCUT2D eigenvalue weighted by molar-refractivity contribution is 6.30. The van der Waals surface area contributed by atoms with Crippen molar-refractivity contribution < 1.29 is 9.18 Å². The second-order valence-corrected chi connectivity index (χ2v) is 8.98. The van der Waals surface area contributed by atoms with Crippen LogP contribution in [0.3, 0.4) is 0 Å². The first-order valence-electron chi connectivity index (χ1n) is 11.4. The molecule has 7 nitrogen and oxygen atoms in total. The standard InChI is InChI=1S/C25H26ClFN6O/c1-31-22-15-29-24(17-3-6-20(7-4-17)32-12-9-28-10-13-32)30-25(22)33(11-8-23(31)34)16-18-2-5-19(26)14-21(18)27/h2-7,14-15,28H,8-13,16H2,1H3. The number of carbonyl (C=O) groups is 1. The van der Waals surface area contributed by atoms with Crippen molar-refractivity contribution in [2.24, 2.45) is 0 Å². The van der Waals surface area contributed by atoms with Crippen molar-refractivity contribution in [3.63, 3.8) is 0 Å². The molecule has 2 aromatic carbocycles. The molecular weight excluding hydrogens is 455 g/mol. The second kappa shape index (κ2) is 9.56. The highest BCUT2D eigenvalue weighted by atomic mass is 35.5. The van der Waals surface area contributed by atoms with E-state index in [1.165, 1.54) is 11.8 Å². The van der Waals surface area contributed by atoms with Crippen LogP contribution >= 0.6 is 11.6 Å². The van der Waals surface area contributed by atoms with Gasteiger partial charge in [0.15, 0.2) is 11.6 Å². The van der Waals surface area contributed by atoms with Gasteiger partial charge in [0.05, 0.1) is 6.20 Å². The van der Waals surface area contributed by atoms with Crippen molar-refractivity contribution in [3.05, 3.63) is 65.1 Å². The van der Waals surface area contributed by atoms with Crippen LogP contribution in [-0.2, 0) is 11.3 Å². The second-order valence-electron chi connectivity index (χ2n) is 8.55. The summed E-state index contributed by atoms with van der Waals surface area (Å²) in [5, 5.41) is 3.71. The third-order valence-corrected chi connectivity index (χ3v) is 6.60. The lowest BCUT2D eigenvalue weighted by Gasteiger charge is -2.29. The van der Waals surface area contributed by atoms with Gasteiger partial charge in [0.1, 0.15) is 11.5 Å². The summed E-state index contributed by atoms with van der Waals surface area (Å²) in [4.78, 5) is 27.8. The predicted molar refractivity (Wildman–Crippen MR) is 133 cm³/mol. The van der Waals surface area contributed by atoms with E-state index in [-0.39, 0.29) is 18.3 Å². The Morgan fingerprint density at radius 1 is 1.09 bits per heavy atom. The Morgan fingerprint density at radius 3 is 2.59 bits per heavy atom. The van der Waals surface area contributed by atoms with Gasteiger partial charge in [-0.25, -0.2) is 14.4 Å². The fourth-order valence-corrected chi connectivity index (χ4v) is 4.53. The average molecular weight is 481 g/mol. The van der Waals surface area contributed by atoms with Gasteiger partial charge in [0.2, 0.25) is 5.91 Å². The van der Waals surface area contributed by atoms with Crippen LogP contribution in [0, 0.1) is 5.82 Å². The van der Waals surface area contributed by atoms with E-state index in [2.05, 4.69) is 27.3 Å². The quantitative estimate of drug-likeness (QED) is 0.614. The Balaban J connectivity index is 1.48. The fraction of sp³-hybridized carbons (Fsp3) is 0.320. The molecule has 3 heterocycles. The average Bonchev–Trinajstić information content (AvgIpc) is 2.98. The third kappa shape index (κ3) is 4.56. The van der Waals surface area contributed by atoms with Gasteiger partial charge in [-0.1, -0.05) is 17.7 Å². The minimum absolute atomic E-state index is 0.0305. The molecule has 1 amide bonds. The summed E-state index contributed by atoms with van der Waals surface area (Å²) in [5.41, 5.74) is 3.16. The minimum atomic E-state index is -0.379. The smallest absolute Gasteiger partial charge is 0.228 e. The molecule has 1 fully saturated rings. The van der Waals surface area contributed by atoms with E-state index in [4.69, 9.17) is 16.6 Å². The van der Waals surface area contributed by atoms with E-state index < -0.39 is 0 Å². The molecule has 1 saturated heterocycles. The summed E-state index contributed by atoms with van der Waals surface area (Å²) in [7, 11) is 1.72. The van der Waals surface area contributed by atoms with Crippen LogP contribution in [0.4, 0.5) is 21.6 Å². The molecule has 2 aliphatic rings. The molecule has 0 saturated carbocycles. The van der Waals surface area contributed by atoms with Crippen LogP contribution in [-0.4, -0.2) is 55.6 Å². The predicted octanol–water partition coefficient (Wildman–Crippen LogP) is 3.72. The number of fused-ring (bicyclic) bond motifs is 1. The number of amides is 1. The van der Waals surface area contributed by atoms with Crippen LogP contribution in [0.2, 0.25) is 5.02 Å². The summed E-state index contributed by atoms with van der Waals surface area (Å²) in [6, 6.07) is 12.9. The molecule has 1 N–H and O–H groups in total. The number of hydrogen-bond donors (Lipinski definition) is 1. The lowest BCUT2D eigenvalue weighted by atomic mass is 10.1. The Hall–Kier alpha value is -3.23. The maximum atomic E-state index is 14.5. The van der Waals surface area contributed by atoms with Gasteiger partial charge in [-0.3, -0.25) is 4.79 Å². The Morgan fingerprint density at radius 2 is 1.85 bits per heavy atom. The van der Waals surface area contributed by atoms with Crippen molar-refractivity contribution in [3.8, 4) is 11.4 Å². The number of nitrogens with one attached hydrogen (secondary N) is 1. The molecule has 2 aliphatic heterocycles. The minimum Gasteiger partial charge on any atom is -0.369 e. The van der Waals surface area contributed by atoms with Gasteiger partial charge >= 0.3 is 0 Å². The first-order chi connectivity index (χ1) is 16.5. The van der Waals surface area contributed by atoms with Gasteiger partial charge in [-0.15, -0.1) is 0 Å². The maximum absolute atomic E-state index is 14.5. The number of benzene rings is 2. The van der Waals surface area contributed by atoms with Crippen LogP contribution < -0.4 is 20.0 Å². The van der Waals surface area contributed by atoms with Crippen LogP contribution in [0.15, 0.2) is 48.7 Å². The van der Waals surface area contributed by atoms with Gasteiger partial charge in [-0.05, 0) is 36.4 Å². The number of aromatic nitrogens is 2. The number of piperazine rings is 1. The SMILES string of the molecule is CN1C(=O)CCN(Cc2ccc(Cl)cc2F)c2nc(-c3ccc(N4CCNCC4)cc3)ncc21. The molecule has 0 spiro atoms. The lowest BCUT2D eigenvalue weighted by molar-refractivity contribution is -0.118. The monoisotopic (exact) mass is 480 g/mol. The number of halogens is 2. The maximum Gasteiger partial charge on any atom is 0.228 e. The molecular formula is C25H26ClFN6O. The van der Waals surface area contributed by atoms with Crippen LogP contribution in [0.1, 0.15) is 12.0 Å². The highest BCUT2D eigenvalue weighted by Crippen LogP contribution is 2.33. The summed E-state index contributed by atoms with van der Waals surface area (Å²) < 4.78 is 14.5. The number of hydrogen-bond acceptors (Lipinski definition) is 6. The summed E-state index contributed by atoms with van der Waals surface area (Å²) >= 11 is 5.92. The Kier molecular flexibility index (Phi) is 6.34. The zero-order chi connectivity index (χ0) is 23.7. The van der Waals surface area contributed by atoms with Crippen LogP contribution in [0.5, 0.6) is 0 Å². The summed E-state index contributed by atoms with van der Waals surface area (Å²) in [5.74, 6) is 0.765. The Bertz CT molecular complexity index is 1200. The fourth-order valence-electron chi connectivity index (χ4n) is 4.37. The normalized spacial score (nSPS) is 16.4. The van der Waals surface area contributed by atoms with E-state index in [1.807, 2.05) is 17.0 Å². The van der Waals surface area contributed by atoms with Crippen molar-refractivity contribution >= 4 is 34.7 Å². The zero-order valence-electron chi connectivity index (χ0n) is 19.0. The molecule has 0 unspecified atom stereocenters. The van der Waals surface area contributed by atoms with E-state index in [1.54, 1.807) is 30.3 Å². The molecule has 0 aliphatic carbocycles. The lowest BCUT2D eigenvalue weighted by Crippen LogP contribution is -2.43. The van der Waals surface area contributed by atoms with Gasteiger partial charge < -0.3 is 20.0 Å². The van der Waals surface area contributed by atoms with Crippen molar-refractivity contribution in [1.82, 2.24) is 15.3 Å². The molecule has 1 aromatic heterocycles. The molecule has 5 rings (SSSR count). The largest absolute Gasteiger partial charge is 0.369 e. The zero-order valence-corrected chi connectivity index (χ0v) is 19.7. The van der Waals surface area contributed by atoms with E-state index in [0.717, 1.165) is 31.7 Å². The van der Waals surface area contributed by atoms with Crippen molar-refractivity contribution in [1.29, 1.82) is 0 Å². The molecule has 9 heteroatoms. The first-order valence-corrected chi connectivity index (χ1v) is 11.8. The van der Waals surface area contributed by atoms with Gasteiger partial charge in [0, 0.05) is 74.6 Å². The van der Waals surface area contributed by atoms with E-state index in [0.29, 0.717) is 40.9 Å². The number of nitrogens with zero attached hydrogens (tertiary/aromatic N) is 5. The molecule has 0 atom stereocenters. The first kappa shape index (κ1) is 22.6. The van der Waals surface area contributed by atoms with E-state index in [9.17, 15) is 9.18 Å². The molecule has 0 radical (unpaired) electrons. The van der Waals surface area contributed by atoms with Crippen molar-refractivity contribution in [2.45, 2.75) is 13.0 Å². The van der Waals surface area contributed by atoms with Gasteiger partial charge in [-0.2, -0.15) is 0 Å². The van der Waals surface area contributed by atoms with Crippen LogP contribution in [0.25, 0.3) is 11.4 Å². The number of carbonyl (C=O) groups excluding carboxylic acids is 1. The summed E-state index contributed by atoms with van der Waals surface area (Å²) in [6.07, 6.45) is 1.98. The third-order valence-electron chi connectivity index (χ3n) is 6.36. The molecule has 176 valence electrons. The topological polar surface area (TPSA) is 64.6 Å². The molecule has 34 heavy (non-hydrogen) atoms. The number of anilines is 3. The van der Waals surface area contributed by atoms with E-state index >= 15 is 0 Å².